The molecule has 2 N–H and O–H groups in total. The van der Waals surface area contributed by atoms with Gasteiger partial charge in [0.15, 0.2) is 0 Å². The van der Waals surface area contributed by atoms with E-state index in [0.29, 0.717) is 11.8 Å². The number of hydrogen-bond donors (Lipinski definition) is 2. The van der Waals surface area contributed by atoms with E-state index in [9.17, 15) is 5.11 Å². The third-order valence-electron chi connectivity index (χ3n) is 3.59. The van der Waals surface area contributed by atoms with E-state index in [0.717, 1.165) is 11.3 Å². The first-order valence-corrected chi connectivity index (χ1v) is 7.24. The fraction of sp³-hybridized carbons (Fsp3) is 0.333. The maximum Gasteiger partial charge on any atom is 0.118 e. The number of benzene rings is 1. The van der Waals surface area contributed by atoms with Gasteiger partial charge in [0, 0.05) is 10.6 Å². The van der Waals surface area contributed by atoms with Crippen LogP contribution in [0.1, 0.15) is 34.9 Å². The van der Waals surface area contributed by atoms with Gasteiger partial charge in [-0.15, -0.1) is 11.3 Å². The highest BCUT2D eigenvalue weighted by Crippen LogP contribution is 2.36. The molecule has 0 amide bonds. The van der Waals surface area contributed by atoms with E-state index in [4.69, 9.17) is 0 Å². The van der Waals surface area contributed by atoms with Gasteiger partial charge in [-0.05, 0) is 67.0 Å². The second-order valence-corrected chi connectivity index (χ2v) is 5.89. The minimum absolute atomic E-state index is 0.361. The summed E-state index contributed by atoms with van der Waals surface area (Å²) in [6, 6.07) is 8.38. The molecule has 18 heavy (non-hydrogen) atoms. The highest BCUT2D eigenvalue weighted by atomic mass is 32.1. The first-order valence-electron chi connectivity index (χ1n) is 6.36. The van der Waals surface area contributed by atoms with Crippen LogP contribution in [0, 0.1) is 6.92 Å². The summed E-state index contributed by atoms with van der Waals surface area (Å²) in [5.74, 6) is 0.361. The largest absolute Gasteiger partial charge is 0.508 e. The number of anilines is 1. The Labute approximate surface area is 111 Å². The van der Waals surface area contributed by atoms with E-state index in [1.165, 1.54) is 29.7 Å². The summed E-state index contributed by atoms with van der Waals surface area (Å²) >= 11 is 1.87. The van der Waals surface area contributed by atoms with Gasteiger partial charge in [-0.2, -0.15) is 0 Å². The van der Waals surface area contributed by atoms with Crippen LogP contribution in [-0.4, -0.2) is 5.11 Å². The van der Waals surface area contributed by atoms with Crippen LogP contribution >= 0.6 is 11.3 Å². The number of rotatable bonds is 2. The van der Waals surface area contributed by atoms with Crippen molar-refractivity contribution in [1.29, 1.82) is 0 Å². The number of hydrogen-bond acceptors (Lipinski definition) is 3. The number of aromatic hydroxyl groups is 1. The van der Waals surface area contributed by atoms with Gasteiger partial charge in [0.1, 0.15) is 5.75 Å². The number of aryl methyl sites for hydroxylation is 2. The SMILES string of the molecule is Cc1cc(NC2CCCc3sccc32)ccc1O. The van der Waals surface area contributed by atoms with Crippen LogP contribution < -0.4 is 5.32 Å². The Morgan fingerprint density at radius 1 is 1.33 bits per heavy atom. The summed E-state index contributed by atoms with van der Waals surface area (Å²) in [5.41, 5.74) is 3.47. The van der Waals surface area contributed by atoms with Crippen molar-refractivity contribution in [3.63, 3.8) is 0 Å². The predicted octanol–water partition coefficient (Wildman–Crippen LogP) is 4.25. The van der Waals surface area contributed by atoms with Gasteiger partial charge in [-0.3, -0.25) is 0 Å². The second kappa shape index (κ2) is 4.65. The lowest BCUT2D eigenvalue weighted by Gasteiger charge is -2.25. The normalized spacial score (nSPS) is 18.4. The molecule has 1 heterocycles. The Kier molecular flexibility index (Phi) is 3.00. The number of nitrogens with one attached hydrogen (secondary N) is 1. The van der Waals surface area contributed by atoms with Crippen molar-refractivity contribution in [3.8, 4) is 5.75 Å². The lowest BCUT2D eigenvalue weighted by Crippen LogP contribution is -2.15. The zero-order chi connectivity index (χ0) is 12.5. The number of phenolic OH excluding ortho intramolecular Hbond substituents is 1. The Balaban J connectivity index is 1.84. The molecule has 0 spiro atoms. The summed E-state index contributed by atoms with van der Waals surface area (Å²) in [6.07, 6.45) is 3.66. The molecule has 0 bridgehead atoms. The van der Waals surface area contributed by atoms with Crippen LogP contribution in [0.5, 0.6) is 5.75 Å². The smallest absolute Gasteiger partial charge is 0.118 e. The Hall–Kier alpha value is -1.48. The zero-order valence-electron chi connectivity index (χ0n) is 10.4. The number of fused-ring (bicyclic) bond motifs is 1. The highest BCUT2D eigenvalue weighted by Gasteiger charge is 2.20. The van der Waals surface area contributed by atoms with Crippen molar-refractivity contribution >= 4 is 17.0 Å². The number of phenols is 1. The monoisotopic (exact) mass is 259 g/mol. The number of thiophene rings is 1. The standard InChI is InChI=1S/C15H17NOS/c1-10-9-11(5-6-14(10)17)16-13-3-2-4-15-12(13)7-8-18-15/h5-9,13,16-17H,2-4H2,1H3. The molecule has 3 heteroatoms. The molecule has 3 rings (SSSR count). The third-order valence-corrected chi connectivity index (χ3v) is 4.59. The van der Waals surface area contributed by atoms with Crippen molar-refractivity contribution in [2.24, 2.45) is 0 Å². The minimum atomic E-state index is 0.361. The van der Waals surface area contributed by atoms with Crippen molar-refractivity contribution < 1.29 is 5.11 Å². The van der Waals surface area contributed by atoms with E-state index < -0.39 is 0 Å². The molecule has 0 saturated heterocycles. The lowest BCUT2D eigenvalue weighted by molar-refractivity contribution is 0.471. The maximum absolute atomic E-state index is 9.55. The predicted molar refractivity (Wildman–Crippen MR) is 76.5 cm³/mol. The molecule has 0 saturated carbocycles. The lowest BCUT2D eigenvalue weighted by atomic mass is 9.94. The minimum Gasteiger partial charge on any atom is -0.508 e. The molecule has 2 aromatic rings. The van der Waals surface area contributed by atoms with Gasteiger partial charge in [0.25, 0.3) is 0 Å². The first-order chi connectivity index (χ1) is 8.74. The van der Waals surface area contributed by atoms with Crippen molar-refractivity contribution in [3.05, 3.63) is 45.6 Å². The molecule has 0 aliphatic heterocycles. The molecule has 1 aliphatic carbocycles. The summed E-state index contributed by atoms with van der Waals surface area (Å²) in [7, 11) is 0. The van der Waals surface area contributed by atoms with Crippen LogP contribution in [0.2, 0.25) is 0 Å². The average Bonchev–Trinajstić information content (AvgIpc) is 2.83. The molecular weight excluding hydrogens is 242 g/mol. The fourth-order valence-corrected chi connectivity index (χ4v) is 3.57. The molecule has 1 aromatic heterocycles. The zero-order valence-corrected chi connectivity index (χ0v) is 11.3. The van der Waals surface area contributed by atoms with Gasteiger partial charge < -0.3 is 10.4 Å². The quantitative estimate of drug-likeness (QED) is 0.790. The maximum atomic E-state index is 9.55. The van der Waals surface area contributed by atoms with E-state index in [2.05, 4.69) is 16.8 Å². The van der Waals surface area contributed by atoms with Gasteiger partial charge in [0.2, 0.25) is 0 Å². The molecule has 1 aromatic carbocycles. The average molecular weight is 259 g/mol. The fourth-order valence-electron chi connectivity index (χ4n) is 2.58. The first kappa shape index (κ1) is 11.6. The molecule has 2 nitrogen and oxygen atoms in total. The molecule has 1 aliphatic rings. The molecule has 1 atom stereocenters. The van der Waals surface area contributed by atoms with Crippen LogP contribution in [-0.2, 0) is 6.42 Å². The van der Waals surface area contributed by atoms with Gasteiger partial charge >= 0.3 is 0 Å². The highest BCUT2D eigenvalue weighted by molar-refractivity contribution is 7.10. The Morgan fingerprint density at radius 2 is 2.22 bits per heavy atom. The molecule has 0 radical (unpaired) electrons. The van der Waals surface area contributed by atoms with E-state index in [1.807, 2.05) is 30.4 Å². The van der Waals surface area contributed by atoms with Gasteiger partial charge in [-0.1, -0.05) is 0 Å². The van der Waals surface area contributed by atoms with Crippen LogP contribution in [0.3, 0.4) is 0 Å². The topological polar surface area (TPSA) is 32.3 Å². The summed E-state index contributed by atoms with van der Waals surface area (Å²) < 4.78 is 0. The van der Waals surface area contributed by atoms with Crippen LogP contribution in [0.15, 0.2) is 29.6 Å². The van der Waals surface area contributed by atoms with Crippen molar-refractivity contribution in [1.82, 2.24) is 0 Å². The molecular formula is C15H17NOS. The van der Waals surface area contributed by atoms with E-state index in [1.54, 1.807) is 6.07 Å². The third kappa shape index (κ3) is 2.10. The van der Waals surface area contributed by atoms with Crippen LogP contribution in [0.25, 0.3) is 0 Å². The second-order valence-electron chi connectivity index (χ2n) is 4.89. The van der Waals surface area contributed by atoms with Crippen LogP contribution in [0.4, 0.5) is 5.69 Å². The molecule has 1 unspecified atom stereocenters. The van der Waals surface area contributed by atoms with Gasteiger partial charge in [-0.25, -0.2) is 0 Å². The van der Waals surface area contributed by atoms with E-state index >= 15 is 0 Å². The Bertz CT molecular complexity index is 561. The summed E-state index contributed by atoms with van der Waals surface area (Å²) in [6.45, 7) is 1.93. The van der Waals surface area contributed by atoms with E-state index in [-0.39, 0.29) is 0 Å². The Morgan fingerprint density at radius 3 is 3.06 bits per heavy atom. The summed E-state index contributed by atoms with van der Waals surface area (Å²) in [4.78, 5) is 1.52. The molecule has 94 valence electrons. The van der Waals surface area contributed by atoms with Crippen molar-refractivity contribution in [2.45, 2.75) is 32.2 Å². The van der Waals surface area contributed by atoms with Crippen molar-refractivity contribution in [2.75, 3.05) is 5.32 Å². The van der Waals surface area contributed by atoms with Gasteiger partial charge in [0.05, 0.1) is 6.04 Å². The molecule has 0 fully saturated rings. The summed E-state index contributed by atoms with van der Waals surface area (Å²) in [5, 5.41) is 15.3.